The largest absolute Gasteiger partial charge is 0.356 e. The normalized spacial score (nSPS) is 24.0. The highest BCUT2D eigenvalue weighted by Crippen LogP contribution is 2.39. The fraction of sp³-hybridized carbons (Fsp3) is 0.450. The third-order valence-electron chi connectivity index (χ3n) is 5.71. The minimum absolute atomic E-state index is 0.145. The number of nitrogens with zero attached hydrogens (tertiary/aromatic N) is 5. The highest BCUT2D eigenvalue weighted by molar-refractivity contribution is 5.77. The predicted octanol–water partition coefficient (Wildman–Crippen LogP) is 2.07. The minimum Gasteiger partial charge on any atom is -0.356 e. The Morgan fingerprint density at radius 1 is 1.26 bits per heavy atom. The lowest BCUT2D eigenvalue weighted by Gasteiger charge is -2.26. The van der Waals surface area contributed by atoms with E-state index in [2.05, 4.69) is 31.2 Å². The molecule has 138 valence electrons. The molecule has 1 amide bonds. The molecule has 27 heavy (non-hydrogen) atoms. The number of aromatic nitrogens is 3. The number of hydrogen-bond acceptors (Lipinski definition) is 6. The smallest absolute Gasteiger partial charge is 0.220 e. The van der Waals surface area contributed by atoms with E-state index in [1.54, 1.807) is 6.20 Å². The van der Waals surface area contributed by atoms with Gasteiger partial charge in [0.15, 0.2) is 11.6 Å². The first-order valence-corrected chi connectivity index (χ1v) is 9.26. The molecule has 1 N–H and O–H groups in total. The van der Waals surface area contributed by atoms with Crippen LogP contribution in [0.15, 0.2) is 24.4 Å². The third kappa shape index (κ3) is 3.35. The quantitative estimate of drug-likeness (QED) is 0.898. The van der Waals surface area contributed by atoms with Gasteiger partial charge in [-0.1, -0.05) is 6.07 Å². The molecule has 0 spiro atoms. The Balaban J connectivity index is 1.63. The van der Waals surface area contributed by atoms with Crippen LogP contribution in [0.3, 0.4) is 0 Å². The molecule has 0 radical (unpaired) electrons. The lowest BCUT2D eigenvalue weighted by atomic mass is 9.89. The van der Waals surface area contributed by atoms with Crippen molar-refractivity contribution < 1.29 is 4.79 Å². The number of carbonyl (C=O) groups is 1. The second-order valence-corrected chi connectivity index (χ2v) is 7.47. The van der Waals surface area contributed by atoms with E-state index in [0.717, 1.165) is 25.1 Å². The Morgan fingerprint density at radius 3 is 2.85 bits per heavy atom. The number of carbonyl (C=O) groups excluding carboxylic acids is 1. The number of nitriles is 1. The van der Waals surface area contributed by atoms with Crippen LogP contribution in [0, 0.1) is 30.1 Å². The fourth-order valence-corrected chi connectivity index (χ4v) is 4.24. The minimum atomic E-state index is 0.145. The highest BCUT2D eigenvalue weighted by Gasteiger charge is 2.40. The molecule has 0 unspecified atom stereocenters. The summed E-state index contributed by atoms with van der Waals surface area (Å²) in [7, 11) is 1.98. The van der Waals surface area contributed by atoms with E-state index in [-0.39, 0.29) is 11.9 Å². The predicted molar refractivity (Wildman–Crippen MR) is 101 cm³/mol. The molecule has 2 aromatic heterocycles. The molecule has 4 rings (SSSR count). The zero-order valence-corrected chi connectivity index (χ0v) is 15.5. The van der Waals surface area contributed by atoms with Crippen molar-refractivity contribution in [1.29, 1.82) is 5.26 Å². The molecule has 2 aromatic rings. The highest BCUT2D eigenvalue weighted by atomic mass is 16.1. The van der Waals surface area contributed by atoms with Crippen LogP contribution in [0.1, 0.15) is 30.5 Å². The molecule has 1 aliphatic carbocycles. The molecule has 1 saturated carbocycles. The van der Waals surface area contributed by atoms with Crippen LogP contribution >= 0.6 is 0 Å². The molecular formula is C20H22N6O. The molecule has 1 saturated heterocycles. The number of anilines is 1. The van der Waals surface area contributed by atoms with E-state index < -0.39 is 0 Å². The Labute approximate surface area is 158 Å². The number of amides is 1. The van der Waals surface area contributed by atoms with E-state index in [9.17, 15) is 10.1 Å². The van der Waals surface area contributed by atoms with Gasteiger partial charge in [-0.05, 0) is 43.7 Å². The summed E-state index contributed by atoms with van der Waals surface area (Å²) >= 11 is 0. The second-order valence-electron chi connectivity index (χ2n) is 7.47. The first-order chi connectivity index (χ1) is 13.0. The van der Waals surface area contributed by atoms with Crippen LogP contribution in [0.5, 0.6) is 0 Å². The summed E-state index contributed by atoms with van der Waals surface area (Å²) < 4.78 is 0. The van der Waals surface area contributed by atoms with Crippen molar-refractivity contribution in [1.82, 2.24) is 20.3 Å². The Kier molecular flexibility index (Phi) is 4.48. The van der Waals surface area contributed by atoms with Gasteiger partial charge < -0.3 is 10.2 Å². The van der Waals surface area contributed by atoms with Crippen molar-refractivity contribution in [3.8, 4) is 17.6 Å². The first kappa shape index (κ1) is 17.4. The van der Waals surface area contributed by atoms with E-state index in [1.807, 2.05) is 32.2 Å². The fourth-order valence-electron chi connectivity index (χ4n) is 4.24. The maximum atomic E-state index is 11.7. The van der Waals surface area contributed by atoms with Crippen LogP contribution in [0.25, 0.3) is 11.5 Å². The van der Waals surface area contributed by atoms with Gasteiger partial charge in [0.2, 0.25) is 5.91 Å². The van der Waals surface area contributed by atoms with Gasteiger partial charge in [-0.15, -0.1) is 0 Å². The Morgan fingerprint density at radius 2 is 2.07 bits per heavy atom. The average molecular weight is 362 g/mol. The summed E-state index contributed by atoms with van der Waals surface area (Å²) in [5.41, 5.74) is 2.05. The number of nitrogens with one attached hydrogen (secondary N) is 1. The van der Waals surface area contributed by atoms with Gasteiger partial charge in [0, 0.05) is 31.7 Å². The van der Waals surface area contributed by atoms with Gasteiger partial charge in [-0.25, -0.2) is 15.0 Å². The number of hydrogen-bond donors (Lipinski definition) is 1. The zero-order chi connectivity index (χ0) is 19.0. The van der Waals surface area contributed by atoms with E-state index in [1.165, 1.54) is 0 Å². The molecule has 0 aromatic carbocycles. The molecule has 2 aliphatic rings. The van der Waals surface area contributed by atoms with Gasteiger partial charge in [0.25, 0.3) is 0 Å². The van der Waals surface area contributed by atoms with Crippen molar-refractivity contribution in [3.63, 3.8) is 0 Å². The SMILES string of the molecule is Cc1cccc(-c2ncc(C#N)c(N(C)[C@H]3C[C@H]4CC(=O)NC[C@H]4C3)n2)n1. The lowest BCUT2D eigenvalue weighted by molar-refractivity contribution is -0.124. The monoisotopic (exact) mass is 362 g/mol. The number of pyridine rings is 1. The summed E-state index contributed by atoms with van der Waals surface area (Å²) in [6.45, 7) is 2.68. The molecular weight excluding hydrogens is 340 g/mol. The summed E-state index contributed by atoms with van der Waals surface area (Å²) in [4.78, 5) is 27.3. The van der Waals surface area contributed by atoms with Gasteiger partial charge in [-0.3, -0.25) is 4.79 Å². The molecule has 3 heterocycles. The third-order valence-corrected chi connectivity index (χ3v) is 5.71. The summed E-state index contributed by atoms with van der Waals surface area (Å²) in [6, 6.07) is 8.19. The van der Waals surface area contributed by atoms with E-state index in [0.29, 0.717) is 41.2 Å². The second kappa shape index (κ2) is 6.95. The number of aryl methyl sites for hydroxylation is 1. The molecule has 1 aliphatic heterocycles. The molecule has 3 atom stereocenters. The topological polar surface area (TPSA) is 94.8 Å². The van der Waals surface area contributed by atoms with Gasteiger partial charge in [-0.2, -0.15) is 5.26 Å². The van der Waals surface area contributed by atoms with Crippen LogP contribution in [-0.4, -0.2) is 40.5 Å². The van der Waals surface area contributed by atoms with Crippen LogP contribution in [-0.2, 0) is 4.79 Å². The number of fused-ring (bicyclic) bond motifs is 1. The lowest BCUT2D eigenvalue weighted by Crippen LogP contribution is -2.38. The van der Waals surface area contributed by atoms with Gasteiger partial charge in [0.05, 0.1) is 6.20 Å². The van der Waals surface area contributed by atoms with Crippen molar-refractivity contribution in [2.24, 2.45) is 11.8 Å². The van der Waals surface area contributed by atoms with Crippen molar-refractivity contribution in [2.75, 3.05) is 18.5 Å². The molecule has 0 bridgehead atoms. The van der Waals surface area contributed by atoms with Crippen LogP contribution in [0.2, 0.25) is 0 Å². The van der Waals surface area contributed by atoms with Gasteiger partial charge in [0.1, 0.15) is 17.3 Å². The van der Waals surface area contributed by atoms with Crippen molar-refractivity contribution in [3.05, 3.63) is 35.7 Å². The summed E-state index contributed by atoms with van der Waals surface area (Å²) in [6.07, 6.45) is 4.11. The van der Waals surface area contributed by atoms with Crippen LogP contribution in [0.4, 0.5) is 5.82 Å². The first-order valence-electron chi connectivity index (χ1n) is 9.26. The number of rotatable bonds is 3. The molecule has 7 heteroatoms. The average Bonchev–Trinajstić information content (AvgIpc) is 3.10. The van der Waals surface area contributed by atoms with Crippen molar-refractivity contribution in [2.45, 2.75) is 32.2 Å². The van der Waals surface area contributed by atoms with Crippen molar-refractivity contribution >= 4 is 11.7 Å². The number of piperidine rings is 1. The zero-order valence-electron chi connectivity index (χ0n) is 15.5. The van der Waals surface area contributed by atoms with E-state index >= 15 is 0 Å². The summed E-state index contributed by atoms with van der Waals surface area (Å²) in [5.74, 6) is 2.21. The molecule has 2 fully saturated rings. The molecule has 7 nitrogen and oxygen atoms in total. The maximum absolute atomic E-state index is 11.7. The Bertz CT molecular complexity index is 921. The van der Waals surface area contributed by atoms with E-state index in [4.69, 9.17) is 0 Å². The Hall–Kier alpha value is -3.01. The standard InChI is InChI=1S/C20H22N6O/c1-12-4-3-5-17(24-12)19-23-11-15(9-21)20(25-19)26(2)16-6-13-8-18(27)22-10-14(13)7-16/h3-5,11,13-14,16H,6-8,10H2,1-2H3,(H,22,27)/t13-,14+,16-/m0/s1. The maximum Gasteiger partial charge on any atom is 0.220 e. The van der Waals surface area contributed by atoms with Crippen LogP contribution < -0.4 is 10.2 Å². The summed E-state index contributed by atoms with van der Waals surface area (Å²) in [5, 5.41) is 12.5. The van der Waals surface area contributed by atoms with Gasteiger partial charge >= 0.3 is 0 Å².